The molecule has 84 valence electrons. The molecule has 0 spiro atoms. The molecule has 2 rings (SSSR count). The first kappa shape index (κ1) is 11.9. The van der Waals surface area contributed by atoms with Crippen molar-refractivity contribution in [1.29, 1.82) is 0 Å². The molecule has 0 aliphatic rings. The van der Waals surface area contributed by atoms with Crippen molar-refractivity contribution in [2.45, 2.75) is 6.18 Å². The van der Waals surface area contributed by atoms with E-state index in [2.05, 4.69) is 27.6 Å². The molecule has 0 saturated carbocycles. The van der Waals surface area contributed by atoms with Crippen molar-refractivity contribution >= 4 is 45.0 Å². The van der Waals surface area contributed by atoms with Gasteiger partial charge < -0.3 is 0 Å². The van der Waals surface area contributed by atoms with E-state index in [1.54, 1.807) is 18.2 Å². The van der Waals surface area contributed by atoms with Gasteiger partial charge in [0.25, 0.3) is 0 Å². The molecule has 16 heavy (non-hydrogen) atoms. The highest BCUT2D eigenvalue weighted by molar-refractivity contribution is 14.1. The fraction of sp³-hybridized carbons (Fsp3) is 0.100. The Labute approximate surface area is 108 Å². The van der Waals surface area contributed by atoms with Gasteiger partial charge in [0.15, 0.2) is 0 Å². The monoisotopic (exact) mass is 357 g/mol. The van der Waals surface area contributed by atoms with Crippen LogP contribution in [0.2, 0.25) is 5.15 Å². The van der Waals surface area contributed by atoms with Gasteiger partial charge in [0, 0.05) is 8.96 Å². The van der Waals surface area contributed by atoms with E-state index in [0.717, 1.165) is 9.64 Å². The van der Waals surface area contributed by atoms with Gasteiger partial charge in [-0.3, -0.25) is 0 Å². The molecule has 0 fully saturated rings. The highest BCUT2D eigenvalue weighted by atomic mass is 127. The summed E-state index contributed by atoms with van der Waals surface area (Å²) in [5.74, 6) is 0. The summed E-state index contributed by atoms with van der Waals surface area (Å²) in [6.07, 6.45) is -4.47. The summed E-state index contributed by atoms with van der Waals surface area (Å²) in [6, 6.07) is 6.02. The first-order valence-electron chi connectivity index (χ1n) is 4.21. The molecule has 0 saturated heterocycles. The van der Waals surface area contributed by atoms with Crippen LogP contribution in [0.4, 0.5) is 13.2 Å². The SMILES string of the molecule is FC(F)(F)c1cc2ccc(I)cc2c(Cl)n1. The molecular weight excluding hydrogens is 353 g/mol. The minimum Gasteiger partial charge on any atom is -0.231 e. The molecule has 1 aromatic carbocycles. The molecule has 6 heteroatoms. The lowest BCUT2D eigenvalue weighted by atomic mass is 10.1. The van der Waals surface area contributed by atoms with Crippen molar-refractivity contribution in [1.82, 2.24) is 4.98 Å². The minimum absolute atomic E-state index is 0.122. The van der Waals surface area contributed by atoms with Gasteiger partial charge >= 0.3 is 6.18 Å². The van der Waals surface area contributed by atoms with Crippen LogP contribution in [0.3, 0.4) is 0 Å². The van der Waals surface area contributed by atoms with Crippen LogP contribution in [0.25, 0.3) is 10.8 Å². The zero-order valence-corrected chi connectivity index (χ0v) is 10.6. The maximum atomic E-state index is 12.5. The lowest BCUT2D eigenvalue weighted by Gasteiger charge is -2.08. The topological polar surface area (TPSA) is 12.9 Å². The summed E-state index contributed by atoms with van der Waals surface area (Å²) in [4.78, 5) is 3.35. The summed E-state index contributed by atoms with van der Waals surface area (Å²) < 4.78 is 38.3. The fourth-order valence-electron chi connectivity index (χ4n) is 1.32. The second-order valence-corrected chi connectivity index (χ2v) is 4.77. The number of hydrogen-bond donors (Lipinski definition) is 0. The maximum Gasteiger partial charge on any atom is 0.433 e. The molecule has 0 aliphatic carbocycles. The molecule has 0 radical (unpaired) electrons. The van der Waals surface area contributed by atoms with Crippen LogP contribution < -0.4 is 0 Å². The number of pyridine rings is 1. The number of halogens is 5. The molecule has 1 heterocycles. The molecule has 0 atom stereocenters. The zero-order chi connectivity index (χ0) is 11.9. The number of hydrogen-bond acceptors (Lipinski definition) is 1. The van der Waals surface area contributed by atoms with Crippen molar-refractivity contribution in [3.05, 3.63) is 38.7 Å². The normalized spacial score (nSPS) is 12.1. The Kier molecular flexibility index (Phi) is 3.00. The van der Waals surface area contributed by atoms with Crippen LogP contribution in [-0.4, -0.2) is 4.98 Å². The van der Waals surface area contributed by atoms with Crippen LogP contribution in [0.15, 0.2) is 24.3 Å². The number of nitrogens with zero attached hydrogens (tertiary/aromatic N) is 1. The molecule has 0 bridgehead atoms. The molecular formula is C10H4ClF3IN. The Morgan fingerprint density at radius 3 is 2.50 bits per heavy atom. The Hall–Kier alpha value is -0.560. The first-order chi connectivity index (χ1) is 7.38. The standard InChI is InChI=1S/C10H4ClF3IN/c11-9-7-4-6(15)2-1-5(7)3-8(16-9)10(12,13)14/h1-4H. The van der Waals surface area contributed by atoms with Crippen molar-refractivity contribution < 1.29 is 13.2 Å². The van der Waals surface area contributed by atoms with Crippen LogP contribution in [0.5, 0.6) is 0 Å². The maximum absolute atomic E-state index is 12.5. The van der Waals surface area contributed by atoms with Crippen molar-refractivity contribution in [3.8, 4) is 0 Å². The Morgan fingerprint density at radius 2 is 1.88 bits per heavy atom. The van der Waals surface area contributed by atoms with E-state index < -0.39 is 11.9 Å². The summed E-state index contributed by atoms with van der Waals surface area (Å²) >= 11 is 7.79. The quantitative estimate of drug-likeness (QED) is 0.499. The van der Waals surface area contributed by atoms with Gasteiger partial charge in [0.05, 0.1) is 0 Å². The van der Waals surface area contributed by atoms with Crippen LogP contribution in [0.1, 0.15) is 5.69 Å². The van der Waals surface area contributed by atoms with E-state index in [-0.39, 0.29) is 5.15 Å². The van der Waals surface area contributed by atoms with Crippen molar-refractivity contribution in [3.63, 3.8) is 0 Å². The van der Waals surface area contributed by atoms with E-state index in [1.165, 1.54) is 0 Å². The van der Waals surface area contributed by atoms with E-state index in [1.807, 2.05) is 0 Å². The van der Waals surface area contributed by atoms with Gasteiger partial charge in [-0.2, -0.15) is 13.2 Å². The molecule has 0 amide bonds. The molecule has 0 N–H and O–H groups in total. The largest absolute Gasteiger partial charge is 0.433 e. The predicted octanol–water partition coefficient (Wildman–Crippen LogP) is 4.51. The highest BCUT2D eigenvalue weighted by Crippen LogP contribution is 2.32. The second kappa shape index (κ2) is 4.03. The Morgan fingerprint density at radius 1 is 1.19 bits per heavy atom. The molecule has 1 nitrogen and oxygen atoms in total. The Balaban J connectivity index is 2.74. The van der Waals surface area contributed by atoms with Gasteiger partial charge in [-0.15, -0.1) is 0 Å². The van der Waals surface area contributed by atoms with Gasteiger partial charge in [-0.1, -0.05) is 17.7 Å². The lowest BCUT2D eigenvalue weighted by Crippen LogP contribution is -2.07. The van der Waals surface area contributed by atoms with Gasteiger partial charge in [0.2, 0.25) is 0 Å². The van der Waals surface area contributed by atoms with E-state index in [0.29, 0.717) is 10.8 Å². The third kappa shape index (κ3) is 2.24. The summed E-state index contributed by atoms with van der Waals surface area (Å²) in [7, 11) is 0. The third-order valence-electron chi connectivity index (χ3n) is 2.04. The number of alkyl halides is 3. The van der Waals surface area contributed by atoms with Gasteiger partial charge in [0.1, 0.15) is 10.8 Å². The van der Waals surface area contributed by atoms with E-state index >= 15 is 0 Å². The number of rotatable bonds is 0. The third-order valence-corrected chi connectivity index (χ3v) is 3.00. The fourth-order valence-corrected chi connectivity index (χ4v) is 2.07. The van der Waals surface area contributed by atoms with Crippen molar-refractivity contribution in [2.75, 3.05) is 0 Å². The van der Waals surface area contributed by atoms with Gasteiger partial charge in [-0.25, -0.2) is 4.98 Å². The zero-order valence-electron chi connectivity index (χ0n) is 7.65. The van der Waals surface area contributed by atoms with Crippen LogP contribution in [-0.2, 0) is 6.18 Å². The predicted molar refractivity (Wildman–Crippen MR) is 64.5 cm³/mol. The first-order valence-corrected chi connectivity index (χ1v) is 5.66. The van der Waals surface area contributed by atoms with E-state index in [9.17, 15) is 13.2 Å². The second-order valence-electron chi connectivity index (χ2n) is 3.16. The average Bonchev–Trinajstić information content (AvgIpc) is 2.17. The summed E-state index contributed by atoms with van der Waals surface area (Å²) in [5, 5.41) is 0.845. The number of fused-ring (bicyclic) bond motifs is 1. The summed E-state index contributed by atoms with van der Waals surface area (Å²) in [5.41, 5.74) is -0.966. The number of aromatic nitrogens is 1. The molecule has 2 aromatic rings. The minimum atomic E-state index is -4.47. The Bertz CT molecular complexity index is 553. The summed E-state index contributed by atoms with van der Waals surface area (Å²) in [6.45, 7) is 0. The van der Waals surface area contributed by atoms with Crippen molar-refractivity contribution in [2.24, 2.45) is 0 Å². The van der Waals surface area contributed by atoms with Crippen LogP contribution >= 0.6 is 34.2 Å². The number of benzene rings is 1. The van der Waals surface area contributed by atoms with Crippen LogP contribution in [0, 0.1) is 3.57 Å². The highest BCUT2D eigenvalue weighted by Gasteiger charge is 2.33. The van der Waals surface area contributed by atoms with E-state index in [4.69, 9.17) is 11.6 Å². The average molecular weight is 358 g/mol. The lowest BCUT2D eigenvalue weighted by molar-refractivity contribution is -0.141. The molecule has 0 unspecified atom stereocenters. The smallest absolute Gasteiger partial charge is 0.231 e. The molecule has 1 aromatic heterocycles. The molecule has 0 aliphatic heterocycles. The van der Waals surface area contributed by atoms with Gasteiger partial charge in [-0.05, 0) is 46.2 Å².